The van der Waals surface area contributed by atoms with Gasteiger partial charge in [-0.2, -0.15) is 0 Å². The number of fused-ring (bicyclic) bond motifs is 1. The molecule has 1 heterocycles. The monoisotopic (exact) mass is 317 g/mol. The number of benzene rings is 2. The van der Waals surface area contributed by atoms with E-state index in [1.807, 2.05) is 18.2 Å². The van der Waals surface area contributed by atoms with Crippen molar-refractivity contribution in [2.24, 2.45) is 0 Å². The maximum atomic E-state index is 5.95. The zero-order chi connectivity index (χ0) is 13.1. The van der Waals surface area contributed by atoms with Crippen LogP contribution in [0.5, 0.6) is 5.75 Å². The highest BCUT2D eigenvalue weighted by atomic mass is 79.9. The van der Waals surface area contributed by atoms with Gasteiger partial charge in [-0.1, -0.05) is 40.2 Å². The van der Waals surface area contributed by atoms with Crippen molar-refractivity contribution in [3.8, 4) is 5.75 Å². The van der Waals surface area contributed by atoms with Gasteiger partial charge in [0.2, 0.25) is 0 Å². The third-order valence-electron chi connectivity index (χ3n) is 3.34. The first-order valence-corrected chi connectivity index (χ1v) is 7.35. The quantitative estimate of drug-likeness (QED) is 0.906. The van der Waals surface area contributed by atoms with Gasteiger partial charge in [-0.3, -0.25) is 0 Å². The maximum absolute atomic E-state index is 5.95. The van der Waals surface area contributed by atoms with Crippen LogP contribution >= 0.6 is 15.9 Å². The summed E-state index contributed by atoms with van der Waals surface area (Å²) in [6.07, 6.45) is 2.33. The summed E-state index contributed by atoms with van der Waals surface area (Å²) in [5.74, 6) is 0.958. The molecule has 0 fully saturated rings. The molecule has 2 nitrogen and oxygen atoms in total. The Balaban J connectivity index is 1.75. The molecule has 0 amide bonds. The lowest BCUT2D eigenvalue weighted by atomic mass is 10.0. The Labute approximate surface area is 121 Å². The van der Waals surface area contributed by atoms with Crippen LogP contribution in [0.25, 0.3) is 0 Å². The molecule has 0 aliphatic carbocycles. The second-order valence-electron chi connectivity index (χ2n) is 4.74. The molecular formula is C16H16BrNO. The summed E-state index contributed by atoms with van der Waals surface area (Å²) < 4.78 is 7.05. The van der Waals surface area contributed by atoms with E-state index >= 15 is 0 Å². The third-order valence-corrected chi connectivity index (χ3v) is 3.87. The number of rotatable bonds is 3. The van der Waals surface area contributed by atoms with Crippen LogP contribution in [0.4, 0.5) is 5.69 Å². The van der Waals surface area contributed by atoms with Crippen molar-refractivity contribution in [2.75, 3.05) is 11.9 Å². The lowest BCUT2D eigenvalue weighted by Crippen LogP contribution is -2.13. The Hall–Kier alpha value is -1.48. The van der Waals surface area contributed by atoms with Crippen LogP contribution in [0.3, 0.4) is 0 Å². The van der Waals surface area contributed by atoms with E-state index in [0.29, 0.717) is 6.61 Å². The first-order chi connectivity index (χ1) is 9.33. The smallest absolute Gasteiger partial charge is 0.143 e. The summed E-state index contributed by atoms with van der Waals surface area (Å²) in [4.78, 5) is 0. The normalized spacial score (nSPS) is 13.5. The highest BCUT2D eigenvalue weighted by molar-refractivity contribution is 9.10. The molecule has 0 spiro atoms. The van der Waals surface area contributed by atoms with Crippen LogP contribution in [0.15, 0.2) is 46.9 Å². The highest BCUT2D eigenvalue weighted by Crippen LogP contribution is 2.32. The van der Waals surface area contributed by atoms with Crippen LogP contribution < -0.4 is 10.1 Å². The van der Waals surface area contributed by atoms with Crippen molar-refractivity contribution >= 4 is 21.6 Å². The number of ether oxygens (including phenoxy) is 1. The summed E-state index contributed by atoms with van der Waals surface area (Å²) in [6.45, 7) is 1.64. The molecule has 0 unspecified atom stereocenters. The van der Waals surface area contributed by atoms with Crippen molar-refractivity contribution in [2.45, 2.75) is 19.4 Å². The van der Waals surface area contributed by atoms with Gasteiger partial charge in [0.05, 0.1) is 5.69 Å². The zero-order valence-electron chi connectivity index (χ0n) is 10.7. The maximum Gasteiger partial charge on any atom is 0.143 e. The van der Waals surface area contributed by atoms with E-state index in [1.165, 1.54) is 23.2 Å². The van der Waals surface area contributed by atoms with E-state index in [2.05, 4.69) is 45.5 Å². The molecular weight excluding hydrogens is 302 g/mol. The fourth-order valence-electron chi connectivity index (χ4n) is 2.34. The Morgan fingerprint density at radius 2 is 1.95 bits per heavy atom. The molecule has 1 aliphatic heterocycles. The van der Waals surface area contributed by atoms with E-state index in [-0.39, 0.29) is 0 Å². The first-order valence-electron chi connectivity index (χ1n) is 6.56. The Bertz CT molecular complexity index is 565. The van der Waals surface area contributed by atoms with Crippen molar-refractivity contribution in [1.82, 2.24) is 0 Å². The first kappa shape index (κ1) is 12.5. The lowest BCUT2D eigenvalue weighted by Gasteiger charge is -2.21. The van der Waals surface area contributed by atoms with E-state index in [4.69, 9.17) is 4.74 Å². The van der Waals surface area contributed by atoms with E-state index in [9.17, 15) is 0 Å². The molecule has 0 bridgehead atoms. The molecule has 1 N–H and O–H groups in total. The van der Waals surface area contributed by atoms with Gasteiger partial charge in [-0.05, 0) is 42.2 Å². The molecule has 3 heteroatoms. The second-order valence-corrected chi connectivity index (χ2v) is 5.65. The fraction of sp³-hybridized carbons (Fsp3) is 0.250. The largest absolute Gasteiger partial charge is 0.487 e. The summed E-state index contributed by atoms with van der Waals surface area (Å²) in [5, 5.41) is 3.44. The average molecular weight is 318 g/mol. The highest BCUT2D eigenvalue weighted by Gasteiger charge is 2.13. The fourth-order valence-corrected chi connectivity index (χ4v) is 2.60. The second kappa shape index (κ2) is 5.66. The van der Waals surface area contributed by atoms with Gasteiger partial charge in [0.15, 0.2) is 0 Å². The Kier molecular flexibility index (Phi) is 3.74. The van der Waals surface area contributed by atoms with Crippen LogP contribution in [0.1, 0.15) is 17.5 Å². The molecule has 3 rings (SSSR count). The van der Waals surface area contributed by atoms with Crippen LogP contribution in [-0.2, 0) is 13.0 Å². The predicted octanol–water partition coefficient (Wildman–Crippen LogP) is 4.39. The minimum absolute atomic E-state index is 0.603. The number of nitrogens with one attached hydrogen (secondary N) is 1. The number of anilines is 1. The van der Waals surface area contributed by atoms with Gasteiger partial charge < -0.3 is 10.1 Å². The molecule has 2 aromatic rings. The topological polar surface area (TPSA) is 21.3 Å². The van der Waals surface area contributed by atoms with Crippen molar-refractivity contribution in [3.05, 3.63) is 58.1 Å². The molecule has 0 saturated heterocycles. The van der Waals surface area contributed by atoms with Gasteiger partial charge in [0, 0.05) is 11.0 Å². The van der Waals surface area contributed by atoms with E-state index in [0.717, 1.165) is 23.2 Å². The Morgan fingerprint density at radius 3 is 2.79 bits per heavy atom. The van der Waals surface area contributed by atoms with Gasteiger partial charge in [-0.15, -0.1) is 0 Å². The number of para-hydroxylation sites is 1. The van der Waals surface area contributed by atoms with Gasteiger partial charge in [0.25, 0.3) is 0 Å². The summed E-state index contributed by atoms with van der Waals surface area (Å²) in [7, 11) is 0. The summed E-state index contributed by atoms with van der Waals surface area (Å²) in [5.41, 5.74) is 3.71. The molecule has 98 valence electrons. The minimum atomic E-state index is 0.603. The predicted molar refractivity (Wildman–Crippen MR) is 81.7 cm³/mol. The summed E-state index contributed by atoms with van der Waals surface area (Å²) >= 11 is 3.44. The molecule has 0 radical (unpaired) electrons. The van der Waals surface area contributed by atoms with Crippen LogP contribution in [0, 0.1) is 0 Å². The van der Waals surface area contributed by atoms with Crippen LogP contribution in [0.2, 0.25) is 0 Å². The van der Waals surface area contributed by atoms with Crippen molar-refractivity contribution < 1.29 is 4.74 Å². The van der Waals surface area contributed by atoms with Gasteiger partial charge in [0.1, 0.15) is 12.4 Å². The molecule has 2 aromatic carbocycles. The number of aryl methyl sites for hydroxylation is 1. The SMILES string of the molecule is Brc1ccc(COc2cccc3c2NCCC3)cc1. The van der Waals surface area contributed by atoms with Crippen molar-refractivity contribution in [1.29, 1.82) is 0 Å². The number of halogens is 1. The molecule has 0 saturated carbocycles. The van der Waals surface area contributed by atoms with Crippen LogP contribution in [-0.4, -0.2) is 6.54 Å². The summed E-state index contributed by atoms with van der Waals surface area (Å²) in [6, 6.07) is 14.5. The Morgan fingerprint density at radius 1 is 1.11 bits per heavy atom. The molecule has 0 aromatic heterocycles. The van der Waals surface area contributed by atoms with Gasteiger partial charge >= 0.3 is 0 Å². The third kappa shape index (κ3) is 2.92. The zero-order valence-corrected chi connectivity index (χ0v) is 12.2. The van der Waals surface area contributed by atoms with E-state index in [1.54, 1.807) is 0 Å². The molecule has 0 atom stereocenters. The number of hydrogen-bond donors (Lipinski definition) is 1. The standard InChI is InChI=1S/C16H16BrNO/c17-14-8-6-12(7-9-14)11-19-15-5-1-3-13-4-2-10-18-16(13)15/h1,3,5-9,18H,2,4,10-11H2. The molecule has 1 aliphatic rings. The van der Waals surface area contributed by atoms with Crippen molar-refractivity contribution in [3.63, 3.8) is 0 Å². The minimum Gasteiger partial charge on any atom is -0.487 e. The average Bonchev–Trinajstić information content (AvgIpc) is 2.47. The molecule has 19 heavy (non-hydrogen) atoms. The lowest BCUT2D eigenvalue weighted by molar-refractivity contribution is 0.307. The van der Waals surface area contributed by atoms with Gasteiger partial charge in [-0.25, -0.2) is 0 Å². The van der Waals surface area contributed by atoms with E-state index < -0.39 is 0 Å². The number of hydrogen-bond acceptors (Lipinski definition) is 2.